The molecule has 0 bridgehead atoms. The summed E-state index contributed by atoms with van der Waals surface area (Å²) in [6, 6.07) is 0.912. The van der Waals surface area contributed by atoms with Crippen molar-refractivity contribution in [3.8, 4) is 0 Å². The van der Waals surface area contributed by atoms with E-state index in [2.05, 4.69) is 26.1 Å². The molecule has 3 heteroatoms. The minimum absolute atomic E-state index is 0.125. The molecule has 26 heavy (non-hydrogen) atoms. The van der Waals surface area contributed by atoms with Crippen molar-refractivity contribution in [3.05, 3.63) is 0 Å². The van der Waals surface area contributed by atoms with Gasteiger partial charge in [0.15, 0.2) is 0 Å². The van der Waals surface area contributed by atoms with Gasteiger partial charge in [-0.1, -0.05) is 48.5 Å². The van der Waals surface area contributed by atoms with Crippen molar-refractivity contribution in [2.75, 3.05) is 0 Å². The Morgan fingerprint density at radius 1 is 0.846 bits per heavy atom. The van der Waals surface area contributed by atoms with Crippen LogP contribution >= 0.6 is 0 Å². The van der Waals surface area contributed by atoms with Crippen molar-refractivity contribution in [2.24, 2.45) is 23.5 Å². The topological polar surface area (TPSA) is 55.1 Å². The van der Waals surface area contributed by atoms with Crippen LogP contribution in [0.1, 0.15) is 113 Å². The maximum absolute atomic E-state index is 11.0. The van der Waals surface area contributed by atoms with E-state index in [1.807, 2.05) is 27.7 Å². The molecule has 2 aliphatic rings. The molecule has 2 aliphatic carbocycles. The summed E-state index contributed by atoms with van der Waals surface area (Å²) in [7, 11) is 0. The van der Waals surface area contributed by atoms with E-state index >= 15 is 0 Å². The normalized spacial score (nSPS) is 27.6. The Bertz CT molecular complexity index is 299. The van der Waals surface area contributed by atoms with Crippen LogP contribution in [0.25, 0.3) is 0 Å². The SMILES string of the molecule is CC.CC.CC(=O)NC1CCC(CC2CCC(N)CC2)CC1.CC(C)C. The Morgan fingerprint density at radius 2 is 1.19 bits per heavy atom. The molecule has 0 atom stereocenters. The Kier molecular flexibility index (Phi) is 19.0. The molecule has 0 spiro atoms. The first kappa shape index (κ1) is 27.6. The fraction of sp³-hybridized carbons (Fsp3) is 0.957. The molecular weight excluding hydrogens is 320 g/mol. The number of hydrogen-bond donors (Lipinski definition) is 2. The lowest BCUT2D eigenvalue weighted by molar-refractivity contribution is -0.119. The van der Waals surface area contributed by atoms with Crippen molar-refractivity contribution >= 4 is 5.91 Å². The quantitative estimate of drug-likeness (QED) is 0.612. The molecular formula is C23H50N2O. The Labute approximate surface area is 165 Å². The average Bonchev–Trinajstić information content (AvgIpc) is 2.61. The highest BCUT2D eigenvalue weighted by atomic mass is 16.1. The van der Waals surface area contributed by atoms with Crippen molar-refractivity contribution in [3.63, 3.8) is 0 Å². The third-order valence-electron chi connectivity index (χ3n) is 4.81. The van der Waals surface area contributed by atoms with Crippen LogP contribution < -0.4 is 11.1 Å². The second-order valence-corrected chi connectivity index (χ2v) is 8.17. The first-order valence-electron chi connectivity index (χ1n) is 11.4. The summed E-state index contributed by atoms with van der Waals surface area (Å²) >= 11 is 0. The summed E-state index contributed by atoms with van der Waals surface area (Å²) < 4.78 is 0. The summed E-state index contributed by atoms with van der Waals surface area (Å²) in [4.78, 5) is 11.0. The van der Waals surface area contributed by atoms with Crippen molar-refractivity contribution < 1.29 is 4.79 Å². The first-order valence-corrected chi connectivity index (χ1v) is 11.4. The van der Waals surface area contributed by atoms with Gasteiger partial charge in [-0.3, -0.25) is 4.79 Å². The van der Waals surface area contributed by atoms with Crippen LogP contribution in [0.2, 0.25) is 0 Å². The van der Waals surface area contributed by atoms with Crippen LogP contribution in [0.5, 0.6) is 0 Å². The molecule has 0 radical (unpaired) electrons. The Hall–Kier alpha value is -0.570. The van der Waals surface area contributed by atoms with E-state index in [9.17, 15) is 4.79 Å². The predicted molar refractivity (Wildman–Crippen MR) is 117 cm³/mol. The molecule has 2 rings (SSSR count). The lowest BCUT2D eigenvalue weighted by atomic mass is 9.76. The second-order valence-electron chi connectivity index (χ2n) is 8.17. The molecule has 0 heterocycles. The molecule has 0 aromatic rings. The monoisotopic (exact) mass is 370 g/mol. The number of amides is 1. The molecule has 2 fully saturated rings. The molecule has 1 amide bonds. The van der Waals surface area contributed by atoms with Gasteiger partial charge in [-0.05, 0) is 75.5 Å². The summed E-state index contributed by atoms with van der Waals surface area (Å²) in [6.07, 6.45) is 11.5. The third kappa shape index (κ3) is 15.7. The zero-order valence-electron chi connectivity index (χ0n) is 19.2. The maximum Gasteiger partial charge on any atom is 0.217 e. The van der Waals surface area contributed by atoms with Crippen LogP contribution in [0.15, 0.2) is 0 Å². The highest BCUT2D eigenvalue weighted by molar-refractivity contribution is 5.73. The van der Waals surface area contributed by atoms with E-state index < -0.39 is 0 Å². The van der Waals surface area contributed by atoms with Crippen molar-refractivity contribution in [1.29, 1.82) is 0 Å². The van der Waals surface area contributed by atoms with Gasteiger partial charge in [0, 0.05) is 19.0 Å². The molecule has 0 aromatic carbocycles. The number of rotatable bonds is 3. The van der Waals surface area contributed by atoms with E-state index in [4.69, 9.17) is 5.73 Å². The summed E-state index contributed by atoms with van der Waals surface area (Å²) in [5, 5.41) is 3.06. The van der Waals surface area contributed by atoms with Gasteiger partial charge in [-0.2, -0.15) is 0 Å². The van der Waals surface area contributed by atoms with Gasteiger partial charge >= 0.3 is 0 Å². The number of carbonyl (C=O) groups is 1. The summed E-state index contributed by atoms with van der Waals surface area (Å²) in [5.41, 5.74) is 5.95. The molecule has 0 aromatic heterocycles. The van der Waals surface area contributed by atoms with Crippen LogP contribution in [-0.2, 0) is 4.79 Å². The van der Waals surface area contributed by atoms with Gasteiger partial charge in [0.2, 0.25) is 5.91 Å². The molecule has 3 N–H and O–H groups in total. The van der Waals surface area contributed by atoms with Crippen molar-refractivity contribution in [2.45, 2.75) is 125 Å². The van der Waals surface area contributed by atoms with Gasteiger partial charge in [0.05, 0.1) is 0 Å². The zero-order chi connectivity index (χ0) is 20.5. The summed E-state index contributed by atoms with van der Waals surface area (Å²) in [6.45, 7) is 16.1. The second kappa shape index (κ2) is 17.8. The van der Waals surface area contributed by atoms with Crippen LogP contribution in [-0.4, -0.2) is 18.0 Å². The lowest BCUT2D eigenvalue weighted by Crippen LogP contribution is -2.36. The molecule has 0 aliphatic heterocycles. The van der Waals surface area contributed by atoms with Gasteiger partial charge in [0.25, 0.3) is 0 Å². The Morgan fingerprint density at radius 3 is 1.54 bits per heavy atom. The minimum Gasteiger partial charge on any atom is -0.354 e. The number of nitrogens with one attached hydrogen (secondary N) is 1. The van der Waals surface area contributed by atoms with E-state index in [0.29, 0.717) is 12.1 Å². The standard InChI is InChI=1S/C15H28N2O.C4H10.2C2H6/c1-11(18)17-15-8-4-13(5-9-15)10-12-2-6-14(16)7-3-12;1-4(2)3;2*1-2/h12-15H,2-10,16H2,1H3,(H,17,18);4H,1-3H3;2*1-2H3. The number of nitrogens with two attached hydrogens (primary N) is 1. The zero-order valence-corrected chi connectivity index (χ0v) is 19.2. The summed E-state index contributed by atoms with van der Waals surface area (Å²) in [5.74, 6) is 2.78. The largest absolute Gasteiger partial charge is 0.354 e. The molecule has 3 nitrogen and oxygen atoms in total. The third-order valence-corrected chi connectivity index (χ3v) is 4.81. The van der Waals surface area contributed by atoms with E-state index in [0.717, 1.165) is 17.8 Å². The smallest absolute Gasteiger partial charge is 0.217 e. The Balaban J connectivity index is 0. The molecule has 0 saturated heterocycles. The lowest BCUT2D eigenvalue weighted by Gasteiger charge is -2.33. The van der Waals surface area contributed by atoms with Gasteiger partial charge in [-0.25, -0.2) is 0 Å². The molecule has 2 saturated carbocycles. The number of hydrogen-bond acceptors (Lipinski definition) is 2. The highest BCUT2D eigenvalue weighted by Crippen LogP contribution is 2.34. The maximum atomic E-state index is 11.0. The fourth-order valence-corrected chi connectivity index (χ4v) is 3.73. The van der Waals surface area contributed by atoms with Crippen molar-refractivity contribution in [1.82, 2.24) is 5.32 Å². The van der Waals surface area contributed by atoms with Gasteiger partial charge in [-0.15, -0.1) is 0 Å². The van der Waals surface area contributed by atoms with E-state index in [1.165, 1.54) is 57.8 Å². The van der Waals surface area contributed by atoms with E-state index in [-0.39, 0.29) is 5.91 Å². The molecule has 0 unspecified atom stereocenters. The fourth-order valence-electron chi connectivity index (χ4n) is 3.73. The number of carbonyl (C=O) groups excluding carboxylic acids is 1. The first-order chi connectivity index (χ1) is 12.4. The average molecular weight is 371 g/mol. The highest BCUT2D eigenvalue weighted by Gasteiger charge is 2.26. The van der Waals surface area contributed by atoms with Crippen LogP contribution in [0.4, 0.5) is 0 Å². The van der Waals surface area contributed by atoms with Gasteiger partial charge < -0.3 is 11.1 Å². The van der Waals surface area contributed by atoms with E-state index in [1.54, 1.807) is 6.92 Å². The van der Waals surface area contributed by atoms with Gasteiger partial charge in [0.1, 0.15) is 0 Å². The molecule has 158 valence electrons. The van der Waals surface area contributed by atoms with Crippen LogP contribution in [0.3, 0.4) is 0 Å². The predicted octanol–water partition coefficient (Wildman–Crippen LogP) is 6.30. The van der Waals surface area contributed by atoms with Crippen LogP contribution in [0, 0.1) is 17.8 Å². The minimum atomic E-state index is 0.125.